The van der Waals surface area contributed by atoms with Crippen LogP contribution in [0, 0.1) is 5.92 Å². The van der Waals surface area contributed by atoms with Crippen LogP contribution in [0.1, 0.15) is 65.4 Å². The number of nitrogens with one attached hydrogen (secondary N) is 1. The summed E-state index contributed by atoms with van der Waals surface area (Å²) < 4.78 is 5.45. The second-order valence-corrected chi connectivity index (χ2v) is 8.22. The van der Waals surface area contributed by atoms with Crippen LogP contribution in [0.2, 0.25) is 0 Å². The van der Waals surface area contributed by atoms with Crippen molar-refractivity contribution in [2.75, 3.05) is 25.0 Å². The Morgan fingerprint density at radius 3 is 2.36 bits per heavy atom. The van der Waals surface area contributed by atoms with Crippen LogP contribution in [0.25, 0.3) is 0 Å². The first-order valence-electron chi connectivity index (χ1n) is 9.60. The molecule has 2 rings (SSSR count). The number of anilines is 1. The molecular formula is C21H34N2O2. The van der Waals surface area contributed by atoms with Crippen molar-refractivity contribution in [3.63, 3.8) is 0 Å². The number of hydrogen-bond donors (Lipinski definition) is 1. The molecule has 1 aliphatic rings. The number of benzene rings is 1. The summed E-state index contributed by atoms with van der Waals surface area (Å²) in [4.78, 5) is 13.9. The SMILES string of the molecule is CCC(C)c1ccc(NCC2CCN(C(=O)OC(C)(C)C)CC2)cc1. The highest BCUT2D eigenvalue weighted by Gasteiger charge is 2.26. The first kappa shape index (κ1) is 19.6. The maximum Gasteiger partial charge on any atom is 0.410 e. The van der Waals surface area contributed by atoms with E-state index in [9.17, 15) is 4.79 Å². The number of piperidine rings is 1. The van der Waals surface area contributed by atoms with Crippen molar-refractivity contribution in [3.05, 3.63) is 29.8 Å². The topological polar surface area (TPSA) is 41.6 Å². The molecule has 1 saturated heterocycles. The van der Waals surface area contributed by atoms with Crippen LogP contribution in [0.5, 0.6) is 0 Å². The van der Waals surface area contributed by atoms with Crippen LogP contribution >= 0.6 is 0 Å². The molecule has 140 valence electrons. The molecule has 1 aliphatic heterocycles. The number of hydrogen-bond acceptors (Lipinski definition) is 3. The molecule has 0 saturated carbocycles. The number of carbonyl (C=O) groups is 1. The van der Waals surface area contributed by atoms with Crippen molar-refractivity contribution in [1.82, 2.24) is 4.90 Å². The highest BCUT2D eigenvalue weighted by Crippen LogP contribution is 2.23. The van der Waals surface area contributed by atoms with Gasteiger partial charge in [-0.25, -0.2) is 4.79 Å². The fraction of sp³-hybridized carbons (Fsp3) is 0.667. The van der Waals surface area contributed by atoms with Gasteiger partial charge in [0.1, 0.15) is 5.60 Å². The lowest BCUT2D eigenvalue weighted by Crippen LogP contribution is -2.42. The van der Waals surface area contributed by atoms with Gasteiger partial charge in [-0.05, 0) is 69.6 Å². The zero-order valence-electron chi connectivity index (χ0n) is 16.5. The van der Waals surface area contributed by atoms with Crippen LogP contribution in [-0.2, 0) is 4.74 Å². The Labute approximate surface area is 152 Å². The van der Waals surface area contributed by atoms with Gasteiger partial charge in [-0.2, -0.15) is 0 Å². The predicted octanol–water partition coefficient (Wildman–Crippen LogP) is 5.26. The van der Waals surface area contributed by atoms with Gasteiger partial charge in [0.25, 0.3) is 0 Å². The average Bonchev–Trinajstić information content (AvgIpc) is 2.58. The van der Waals surface area contributed by atoms with E-state index in [1.807, 2.05) is 25.7 Å². The Kier molecular flexibility index (Phi) is 6.74. The molecule has 25 heavy (non-hydrogen) atoms. The van der Waals surface area contributed by atoms with Crippen molar-refractivity contribution >= 4 is 11.8 Å². The molecule has 4 nitrogen and oxygen atoms in total. The summed E-state index contributed by atoms with van der Waals surface area (Å²) in [6.07, 6.45) is 3.04. The highest BCUT2D eigenvalue weighted by molar-refractivity contribution is 5.68. The number of ether oxygens (including phenoxy) is 1. The number of carbonyl (C=O) groups excluding carboxylic acids is 1. The highest BCUT2D eigenvalue weighted by atomic mass is 16.6. The second kappa shape index (κ2) is 8.59. The molecule has 1 N–H and O–H groups in total. The summed E-state index contributed by atoms with van der Waals surface area (Å²) in [6.45, 7) is 12.8. The zero-order valence-corrected chi connectivity index (χ0v) is 16.5. The largest absolute Gasteiger partial charge is 0.444 e. The van der Waals surface area contributed by atoms with Crippen LogP contribution in [-0.4, -0.2) is 36.2 Å². The number of nitrogens with zero attached hydrogens (tertiary/aromatic N) is 1. The monoisotopic (exact) mass is 346 g/mol. The van der Waals surface area contributed by atoms with Crippen LogP contribution in [0.3, 0.4) is 0 Å². The minimum absolute atomic E-state index is 0.181. The second-order valence-electron chi connectivity index (χ2n) is 8.22. The van der Waals surface area contributed by atoms with E-state index in [1.54, 1.807) is 0 Å². The van der Waals surface area contributed by atoms with Crippen molar-refractivity contribution in [2.24, 2.45) is 5.92 Å². The molecule has 1 fully saturated rings. The normalized spacial score (nSPS) is 17.2. The fourth-order valence-electron chi connectivity index (χ4n) is 3.07. The van der Waals surface area contributed by atoms with E-state index in [0.717, 1.165) is 32.5 Å². The standard InChI is InChI=1S/C21H34N2O2/c1-6-16(2)18-7-9-19(10-8-18)22-15-17-11-13-23(14-12-17)20(24)25-21(3,4)5/h7-10,16-17,22H,6,11-15H2,1-5H3. The summed E-state index contributed by atoms with van der Waals surface area (Å²) in [5.41, 5.74) is 2.16. The maximum absolute atomic E-state index is 12.1. The third-order valence-electron chi connectivity index (χ3n) is 4.95. The van der Waals surface area contributed by atoms with Gasteiger partial charge in [0.15, 0.2) is 0 Å². The van der Waals surface area contributed by atoms with E-state index < -0.39 is 5.60 Å². The van der Waals surface area contributed by atoms with E-state index in [4.69, 9.17) is 4.74 Å². The van der Waals surface area contributed by atoms with Crippen LogP contribution < -0.4 is 5.32 Å². The first-order valence-corrected chi connectivity index (χ1v) is 9.60. The van der Waals surface area contributed by atoms with Gasteiger partial charge in [-0.15, -0.1) is 0 Å². The minimum Gasteiger partial charge on any atom is -0.444 e. The number of rotatable bonds is 5. The predicted molar refractivity (Wildman–Crippen MR) is 104 cm³/mol. The zero-order chi connectivity index (χ0) is 18.4. The summed E-state index contributed by atoms with van der Waals surface area (Å²) in [5, 5.41) is 3.55. The van der Waals surface area contributed by atoms with Gasteiger partial charge >= 0.3 is 6.09 Å². The Morgan fingerprint density at radius 2 is 1.84 bits per heavy atom. The number of likely N-dealkylation sites (tertiary alicyclic amines) is 1. The molecule has 1 amide bonds. The van der Waals surface area contributed by atoms with Gasteiger partial charge < -0.3 is 15.0 Å². The van der Waals surface area contributed by atoms with E-state index >= 15 is 0 Å². The van der Waals surface area contributed by atoms with E-state index in [-0.39, 0.29) is 6.09 Å². The molecule has 0 radical (unpaired) electrons. The summed E-state index contributed by atoms with van der Waals surface area (Å²) in [6, 6.07) is 8.80. The Bertz CT molecular complexity index is 540. The fourth-order valence-corrected chi connectivity index (χ4v) is 3.07. The Morgan fingerprint density at radius 1 is 1.24 bits per heavy atom. The van der Waals surface area contributed by atoms with Crippen molar-refractivity contribution in [2.45, 2.75) is 65.4 Å². The minimum atomic E-state index is -0.420. The van der Waals surface area contributed by atoms with Crippen LogP contribution in [0.15, 0.2) is 24.3 Å². The molecule has 0 aliphatic carbocycles. The molecule has 1 unspecified atom stereocenters. The molecule has 1 aromatic carbocycles. The third kappa shape index (κ3) is 6.26. The molecule has 1 atom stereocenters. The lowest BCUT2D eigenvalue weighted by atomic mass is 9.96. The summed E-state index contributed by atoms with van der Waals surface area (Å²) in [7, 11) is 0. The van der Waals surface area contributed by atoms with E-state index in [2.05, 4.69) is 43.4 Å². The van der Waals surface area contributed by atoms with Crippen molar-refractivity contribution < 1.29 is 9.53 Å². The molecular weight excluding hydrogens is 312 g/mol. The smallest absolute Gasteiger partial charge is 0.410 e. The van der Waals surface area contributed by atoms with Gasteiger partial charge in [0.05, 0.1) is 0 Å². The van der Waals surface area contributed by atoms with Gasteiger partial charge in [-0.3, -0.25) is 0 Å². The quantitative estimate of drug-likeness (QED) is 0.791. The Balaban J connectivity index is 1.74. The van der Waals surface area contributed by atoms with E-state index in [1.165, 1.54) is 17.7 Å². The summed E-state index contributed by atoms with van der Waals surface area (Å²) in [5.74, 6) is 1.22. The van der Waals surface area contributed by atoms with Gasteiger partial charge in [0.2, 0.25) is 0 Å². The van der Waals surface area contributed by atoms with Gasteiger partial charge in [-0.1, -0.05) is 26.0 Å². The van der Waals surface area contributed by atoms with E-state index in [0.29, 0.717) is 11.8 Å². The average molecular weight is 347 g/mol. The lowest BCUT2D eigenvalue weighted by Gasteiger charge is -2.33. The van der Waals surface area contributed by atoms with Crippen molar-refractivity contribution in [3.8, 4) is 0 Å². The van der Waals surface area contributed by atoms with Crippen molar-refractivity contribution in [1.29, 1.82) is 0 Å². The molecule has 0 aromatic heterocycles. The summed E-state index contributed by atoms with van der Waals surface area (Å²) >= 11 is 0. The lowest BCUT2D eigenvalue weighted by molar-refractivity contribution is 0.0188. The molecule has 0 bridgehead atoms. The van der Waals surface area contributed by atoms with Gasteiger partial charge in [0, 0.05) is 25.3 Å². The first-order chi connectivity index (χ1) is 11.8. The van der Waals surface area contributed by atoms with Crippen LogP contribution in [0.4, 0.5) is 10.5 Å². The molecule has 4 heteroatoms. The number of amides is 1. The molecule has 1 aromatic rings. The Hall–Kier alpha value is -1.71. The third-order valence-corrected chi connectivity index (χ3v) is 4.95. The molecule has 0 spiro atoms. The molecule has 1 heterocycles. The maximum atomic E-state index is 12.1.